The Kier molecular flexibility index (Phi) is 5.40. The summed E-state index contributed by atoms with van der Waals surface area (Å²) in [7, 11) is 0. The van der Waals surface area contributed by atoms with Crippen LogP contribution >= 0.6 is 0 Å². The van der Waals surface area contributed by atoms with Gasteiger partial charge < -0.3 is 4.74 Å². The lowest BCUT2D eigenvalue weighted by Crippen LogP contribution is -2.64. The van der Waals surface area contributed by atoms with E-state index in [4.69, 9.17) is 4.74 Å². The van der Waals surface area contributed by atoms with Crippen LogP contribution in [0.4, 0.5) is 0 Å². The Hall–Kier alpha value is -0.790. The lowest BCUT2D eigenvalue weighted by Gasteiger charge is -2.71. The highest BCUT2D eigenvalue weighted by atomic mass is 16.5. The molecule has 0 unspecified atom stereocenters. The zero-order valence-corrected chi connectivity index (χ0v) is 23.8. The van der Waals surface area contributed by atoms with Crippen molar-refractivity contribution in [2.45, 2.75) is 133 Å². The summed E-state index contributed by atoms with van der Waals surface area (Å²) >= 11 is 0. The molecule has 0 aromatic rings. The Labute approximate surface area is 210 Å². The number of allylic oxidation sites excluding steroid dienone is 2. The fraction of sp³-hybridized carbons (Fsp3) is 0.906. The van der Waals surface area contributed by atoms with Gasteiger partial charge in [-0.1, -0.05) is 67.0 Å². The van der Waals surface area contributed by atoms with Crippen molar-refractivity contribution in [1.82, 2.24) is 0 Å². The lowest BCUT2D eigenvalue weighted by molar-refractivity contribution is -0.211. The summed E-state index contributed by atoms with van der Waals surface area (Å²) in [6.07, 6.45) is 15.9. The minimum Gasteiger partial charge on any atom is -0.462 e. The van der Waals surface area contributed by atoms with Crippen LogP contribution in [0.3, 0.4) is 0 Å². The van der Waals surface area contributed by atoms with Gasteiger partial charge in [-0.2, -0.15) is 0 Å². The Morgan fingerprint density at radius 2 is 1.53 bits per heavy atom. The van der Waals surface area contributed by atoms with Gasteiger partial charge in [0.25, 0.3) is 0 Å². The molecule has 0 heterocycles. The zero-order valence-electron chi connectivity index (χ0n) is 23.8. The molecular formula is C32H52O2. The molecule has 5 aliphatic rings. The van der Waals surface area contributed by atoms with Gasteiger partial charge in [-0.05, 0) is 109 Å². The predicted octanol–water partition coefficient (Wildman–Crippen LogP) is 8.74. The number of ether oxygens (including phenoxy) is 1. The number of rotatable bonds is 1. The molecule has 0 radical (unpaired) electrons. The maximum Gasteiger partial charge on any atom is 0.302 e. The van der Waals surface area contributed by atoms with Crippen molar-refractivity contribution in [2.24, 2.45) is 50.2 Å². The molecule has 0 saturated heterocycles. The molecule has 0 amide bonds. The summed E-state index contributed by atoms with van der Waals surface area (Å²) < 4.78 is 5.91. The summed E-state index contributed by atoms with van der Waals surface area (Å²) in [5.74, 6) is 2.01. The van der Waals surface area contributed by atoms with Gasteiger partial charge in [-0.25, -0.2) is 0 Å². The van der Waals surface area contributed by atoms with E-state index in [2.05, 4.69) is 61.5 Å². The summed E-state index contributed by atoms with van der Waals surface area (Å²) in [4.78, 5) is 11.9. The summed E-state index contributed by atoms with van der Waals surface area (Å²) in [5, 5.41) is 0. The molecule has 4 saturated carbocycles. The number of carbonyl (C=O) groups excluding carboxylic acids is 1. The molecule has 4 fully saturated rings. The van der Waals surface area contributed by atoms with Crippen LogP contribution in [0.1, 0.15) is 127 Å². The zero-order chi connectivity index (χ0) is 24.9. The van der Waals surface area contributed by atoms with Crippen LogP contribution in [0.2, 0.25) is 0 Å². The highest BCUT2D eigenvalue weighted by molar-refractivity contribution is 5.66. The molecule has 0 aliphatic heterocycles. The maximum atomic E-state index is 11.9. The molecule has 5 aliphatic carbocycles. The number of hydrogen-bond acceptors (Lipinski definition) is 2. The second-order valence-corrected chi connectivity index (χ2v) is 15.8. The number of carbonyl (C=O) groups is 1. The Morgan fingerprint density at radius 3 is 2.21 bits per heavy atom. The minimum atomic E-state index is -0.110. The van der Waals surface area contributed by atoms with Crippen molar-refractivity contribution in [1.29, 1.82) is 0 Å². The largest absolute Gasteiger partial charge is 0.462 e. The topological polar surface area (TPSA) is 26.3 Å². The fourth-order valence-electron chi connectivity index (χ4n) is 10.9. The highest BCUT2D eigenvalue weighted by Crippen LogP contribution is 2.75. The molecule has 2 nitrogen and oxygen atoms in total. The van der Waals surface area contributed by atoms with Crippen LogP contribution < -0.4 is 0 Å². The highest BCUT2D eigenvalue weighted by Gasteiger charge is 2.68. The maximum absolute atomic E-state index is 11.9. The smallest absolute Gasteiger partial charge is 0.302 e. The second kappa shape index (κ2) is 7.38. The van der Waals surface area contributed by atoms with Gasteiger partial charge in [0.1, 0.15) is 6.10 Å². The van der Waals surface area contributed by atoms with E-state index in [1.165, 1.54) is 57.8 Å². The van der Waals surface area contributed by atoms with Crippen LogP contribution in [0.25, 0.3) is 0 Å². The van der Waals surface area contributed by atoms with Gasteiger partial charge >= 0.3 is 5.97 Å². The van der Waals surface area contributed by atoms with E-state index in [0.717, 1.165) is 18.3 Å². The average molecular weight is 469 g/mol. The van der Waals surface area contributed by atoms with Gasteiger partial charge in [0.15, 0.2) is 0 Å². The molecule has 0 aromatic carbocycles. The first-order valence-electron chi connectivity index (χ1n) is 14.5. The third kappa shape index (κ3) is 3.21. The van der Waals surface area contributed by atoms with Crippen LogP contribution in [0.5, 0.6) is 0 Å². The van der Waals surface area contributed by atoms with Gasteiger partial charge in [-0.3, -0.25) is 4.79 Å². The SMILES string of the molecule is CC(=O)O[C@H]1CC[C@@]2(C)[C@@H](CC[C@]3(C)[C@H]2CC=C2[C@@H]4CC(C)(C)CC[C@]4(C)CC[C@]23C)C1(C)C. The van der Waals surface area contributed by atoms with Crippen LogP contribution in [0, 0.1) is 50.2 Å². The molecule has 8 atom stereocenters. The van der Waals surface area contributed by atoms with Crippen molar-refractivity contribution in [3.05, 3.63) is 11.6 Å². The quantitative estimate of drug-likeness (QED) is 0.284. The molecule has 0 aromatic heterocycles. The van der Waals surface area contributed by atoms with Gasteiger partial charge in [0.2, 0.25) is 0 Å². The van der Waals surface area contributed by atoms with E-state index < -0.39 is 0 Å². The van der Waals surface area contributed by atoms with E-state index in [-0.39, 0.29) is 17.5 Å². The van der Waals surface area contributed by atoms with Gasteiger partial charge in [-0.15, -0.1) is 0 Å². The minimum absolute atomic E-state index is 0.0451. The molecule has 0 N–H and O–H groups in total. The van der Waals surface area contributed by atoms with Crippen molar-refractivity contribution in [3.63, 3.8) is 0 Å². The normalized spacial score (nSPS) is 51.1. The van der Waals surface area contributed by atoms with Crippen molar-refractivity contribution in [2.75, 3.05) is 0 Å². The summed E-state index contributed by atoms with van der Waals surface area (Å²) in [6, 6.07) is 0. The second-order valence-electron chi connectivity index (χ2n) is 15.8. The van der Waals surface area contributed by atoms with Crippen molar-refractivity contribution < 1.29 is 9.53 Å². The Morgan fingerprint density at radius 1 is 0.853 bits per heavy atom. The van der Waals surface area contributed by atoms with E-state index in [0.29, 0.717) is 33.0 Å². The summed E-state index contributed by atoms with van der Waals surface area (Å²) in [6.45, 7) is 22.0. The third-order valence-corrected chi connectivity index (χ3v) is 13.3. The number of hydrogen-bond donors (Lipinski definition) is 0. The molecule has 0 spiro atoms. The first kappa shape index (κ1) is 24.9. The van der Waals surface area contributed by atoms with E-state index >= 15 is 0 Å². The lowest BCUT2D eigenvalue weighted by atomic mass is 9.33. The first-order valence-corrected chi connectivity index (χ1v) is 14.5. The molecule has 5 rings (SSSR count). The van der Waals surface area contributed by atoms with E-state index in [1.807, 2.05) is 5.57 Å². The molecular weight excluding hydrogens is 416 g/mol. The van der Waals surface area contributed by atoms with Gasteiger partial charge in [0, 0.05) is 12.3 Å². The van der Waals surface area contributed by atoms with Crippen LogP contribution in [-0.2, 0) is 9.53 Å². The van der Waals surface area contributed by atoms with Crippen LogP contribution in [0.15, 0.2) is 11.6 Å². The first-order chi connectivity index (χ1) is 15.6. The standard InChI is InChI=1S/C32H52O2/c1-21(33)34-26-13-14-30(7)24(28(26,4)5)12-15-32(9)25(30)11-10-22-23-20-27(2,3)16-17-29(23,6)18-19-31(22,32)8/h10,23-26H,11-20H2,1-9H3/t23-,24-,25-,26-,29+,30-,31+,32+/m0/s1. The Bertz CT molecular complexity index is 897. The van der Waals surface area contributed by atoms with E-state index in [1.54, 1.807) is 6.92 Å². The Balaban J connectivity index is 1.53. The fourth-order valence-corrected chi connectivity index (χ4v) is 10.9. The predicted molar refractivity (Wildman–Crippen MR) is 140 cm³/mol. The molecule has 192 valence electrons. The van der Waals surface area contributed by atoms with Gasteiger partial charge in [0.05, 0.1) is 0 Å². The third-order valence-electron chi connectivity index (χ3n) is 13.3. The van der Waals surface area contributed by atoms with Crippen LogP contribution in [-0.4, -0.2) is 12.1 Å². The monoisotopic (exact) mass is 468 g/mol. The molecule has 0 bridgehead atoms. The average Bonchev–Trinajstić information content (AvgIpc) is 2.72. The number of esters is 1. The van der Waals surface area contributed by atoms with E-state index in [9.17, 15) is 4.79 Å². The van der Waals surface area contributed by atoms with Crippen molar-refractivity contribution >= 4 is 5.97 Å². The molecule has 34 heavy (non-hydrogen) atoms. The summed E-state index contributed by atoms with van der Waals surface area (Å²) in [5.41, 5.74) is 3.92. The molecule has 2 heteroatoms. The van der Waals surface area contributed by atoms with Crippen molar-refractivity contribution in [3.8, 4) is 0 Å². The number of fused-ring (bicyclic) bond motifs is 7.